The molecule has 0 aliphatic rings. The third kappa shape index (κ3) is 2.63. The summed E-state index contributed by atoms with van der Waals surface area (Å²) in [5, 5.41) is 3.08. The van der Waals surface area contributed by atoms with E-state index in [9.17, 15) is 0 Å². The molecule has 0 bridgehead atoms. The fourth-order valence-electron chi connectivity index (χ4n) is 1.16. The van der Waals surface area contributed by atoms with Crippen molar-refractivity contribution in [1.82, 2.24) is 15.0 Å². The molecule has 0 atom stereocenters. The van der Waals surface area contributed by atoms with Crippen LogP contribution in [0.15, 0.2) is 11.6 Å². The molecule has 15 heavy (non-hydrogen) atoms. The van der Waals surface area contributed by atoms with Gasteiger partial charge in [-0.2, -0.15) is 0 Å². The first kappa shape index (κ1) is 10.7. The van der Waals surface area contributed by atoms with Gasteiger partial charge in [-0.25, -0.2) is 15.0 Å². The van der Waals surface area contributed by atoms with Crippen molar-refractivity contribution in [2.75, 3.05) is 5.73 Å². The zero-order chi connectivity index (χ0) is 10.8. The Kier molecular flexibility index (Phi) is 3.15. The molecule has 4 nitrogen and oxygen atoms in total. The van der Waals surface area contributed by atoms with Gasteiger partial charge in [0.25, 0.3) is 0 Å². The molecule has 0 aliphatic heterocycles. The Bertz CT molecular complexity index is 483. The van der Waals surface area contributed by atoms with Crippen LogP contribution in [0.25, 0.3) is 0 Å². The number of anilines is 1. The van der Waals surface area contributed by atoms with E-state index in [1.807, 2.05) is 12.3 Å². The summed E-state index contributed by atoms with van der Waals surface area (Å²) >= 11 is 3.74. The van der Waals surface area contributed by atoms with E-state index in [-0.39, 0.29) is 0 Å². The summed E-state index contributed by atoms with van der Waals surface area (Å²) in [6.07, 6.45) is 2.38. The molecular formula is C9H9IN4S. The van der Waals surface area contributed by atoms with Crippen molar-refractivity contribution >= 4 is 39.7 Å². The average Bonchev–Trinajstić information content (AvgIpc) is 2.58. The van der Waals surface area contributed by atoms with Gasteiger partial charge >= 0.3 is 0 Å². The van der Waals surface area contributed by atoms with Gasteiger partial charge in [-0.3, -0.25) is 0 Å². The molecule has 2 aromatic heterocycles. The Morgan fingerprint density at radius 2 is 2.27 bits per heavy atom. The summed E-state index contributed by atoms with van der Waals surface area (Å²) in [7, 11) is 0. The lowest BCUT2D eigenvalue weighted by molar-refractivity contribution is 0.940. The SMILES string of the molecule is Cc1nc(Cc2ncc(I)c(N)n2)cs1. The summed E-state index contributed by atoms with van der Waals surface area (Å²) in [5.74, 6) is 1.26. The highest BCUT2D eigenvalue weighted by Gasteiger charge is 2.05. The highest BCUT2D eigenvalue weighted by molar-refractivity contribution is 14.1. The van der Waals surface area contributed by atoms with Gasteiger partial charge in [-0.05, 0) is 29.5 Å². The van der Waals surface area contributed by atoms with Gasteiger partial charge in [-0.15, -0.1) is 11.3 Å². The van der Waals surface area contributed by atoms with Crippen LogP contribution >= 0.6 is 33.9 Å². The summed E-state index contributed by atoms with van der Waals surface area (Å²) in [6, 6.07) is 0. The number of nitrogens with two attached hydrogens (primary N) is 1. The number of aryl methyl sites for hydroxylation is 1. The number of rotatable bonds is 2. The second-order valence-electron chi connectivity index (χ2n) is 3.05. The average molecular weight is 332 g/mol. The van der Waals surface area contributed by atoms with Gasteiger partial charge in [0.1, 0.15) is 11.6 Å². The first-order valence-corrected chi connectivity index (χ1v) is 6.29. The smallest absolute Gasteiger partial charge is 0.140 e. The molecule has 2 N–H and O–H groups in total. The second kappa shape index (κ2) is 4.40. The first-order chi connectivity index (χ1) is 7.15. The number of thiazole rings is 1. The molecule has 0 amide bonds. The second-order valence-corrected chi connectivity index (χ2v) is 5.28. The van der Waals surface area contributed by atoms with E-state index >= 15 is 0 Å². The Morgan fingerprint density at radius 1 is 1.47 bits per heavy atom. The summed E-state index contributed by atoms with van der Waals surface area (Å²) < 4.78 is 0.880. The molecule has 0 saturated heterocycles. The van der Waals surface area contributed by atoms with E-state index in [0.717, 1.165) is 20.1 Å². The maximum absolute atomic E-state index is 5.70. The standard InChI is InChI=1S/C9H9IN4S/c1-5-13-6(4-15-5)2-8-12-3-7(10)9(11)14-8/h3-4H,2H2,1H3,(H2,11,12,14). The quantitative estimate of drug-likeness (QED) is 0.855. The Morgan fingerprint density at radius 3 is 2.87 bits per heavy atom. The monoisotopic (exact) mass is 332 g/mol. The third-order valence-corrected chi connectivity index (χ3v) is 3.48. The zero-order valence-corrected chi connectivity index (χ0v) is 11.0. The van der Waals surface area contributed by atoms with Crippen molar-refractivity contribution in [1.29, 1.82) is 0 Å². The number of hydrogen-bond acceptors (Lipinski definition) is 5. The summed E-state index contributed by atoms with van der Waals surface area (Å²) in [5.41, 5.74) is 6.70. The number of halogens is 1. The fourth-order valence-corrected chi connectivity index (χ4v) is 2.03. The zero-order valence-electron chi connectivity index (χ0n) is 8.07. The van der Waals surface area contributed by atoms with Gasteiger partial charge in [0, 0.05) is 11.6 Å². The molecule has 0 aromatic carbocycles. The van der Waals surface area contributed by atoms with Crippen molar-refractivity contribution in [2.45, 2.75) is 13.3 Å². The molecule has 0 saturated carbocycles. The van der Waals surface area contributed by atoms with Gasteiger partial charge < -0.3 is 5.73 Å². The molecule has 2 aromatic rings. The van der Waals surface area contributed by atoms with E-state index in [1.54, 1.807) is 17.5 Å². The van der Waals surface area contributed by atoms with Gasteiger partial charge in [0.15, 0.2) is 0 Å². The van der Waals surface area contributed by atoms with Crippen LogP contribution in [0.4, 0.5) is 5.82 Å². The number of hydrogen-bond donors (Lipinski definition) is 1. The van der Waals surface area contributed by atoms with Crippen molar-refractivity contribution in [2.24, 2.45) is 0 Å². The minimum Gasteiger partial charge on any atom is -0.383 e. The summed E-state index contributed by atoms with van der Waals surface area (Å²) in [4.78, 5) is 12.8. The van der Waals surface area contributed by atoms with Crippen LogP contribution in [-0.4, -0.2) is 15.0 Å². The molecule has 78 valence electrons. The molecule has 2 rings (SSSR count). The number of nitrogen functional groups attached to an aromatic ring is 1. The predicted octanol–water partition coefficient (Wildman–Crippen LogP) is 2.02. The highest BCUT2D eigenvalue weighted by atomic mass is 127. The normalized spacial score (nSPS) is 10.5. The maximum atomic E-state index is 5.70. The van der Waals surface area contributed by atoms with Crippen molar-refractivity contribution in [3.63, 3.8) is 0 Å². The topological polar surface area (TPSA) is 64.7 Å². The lowest BCUT2D eigenvalue weighted by atomic mass is 10.3. The van der Waals surface area contributed by atoms with Crippen LogP contribution in [0.2, 0.25) is 0 Å². The Labute approximate surface area is 105 Å². The molecule has 0 spiro atoms. The third-order valence-electron chi connectivity index (χ3n) is 1.83. The molecular weight excluding hydrogens is 323 g/mol. The molecule has 0 fully saturated rings. The Balaban J connectivity index is 2.21. The van der Waals surface area contributed by atoms with Crippen LogP contribution in [0.3, 0.4) is 0 Å². The van der Waals surface area contributed by atoms with Crippen LogP contribution in [-0.2, 0) is 6.42 Å². The molecule has 0 aliphatic carbocycles. The van der Waals surface area contributed by atoms with E-state index < -0.39 is 0 Å². The summed E-state index contributed by atoms with van der Waals surface area (Å²) in [6.45, 7) is 1.98. The lowest BCUT2D eigenvalue weighted by Gasteiger charge is -2.00. The minimum atomic E-state index is 0.535. The maximum Gasteiger partial charge on any atom is 0.140 e. The van der Waals surface area contributed by atoms with Gasteiger partial charge in [0.05, 0.1) is 20.7 Å². The van der Waals surface area contributed by atoms with Crippen LogP contribution < -0.4 is 5.73 Å². The van der Waals surface area contributed by atoms with Crippen molar-refractivity contribution < 1.29 is 0 Å². The van der Waals surface area contributed by atoms with Crippen LogP contribution in [0, 0.1) is 10.5 Å². The van der Waals surface area contributed by atoms with Crippen LogP contribution in [0.5, 0.6) is 0 Å². The highest BCUT2D eigenvalue weighted by Crippen LogP contribution is 2.14. The molecule has 0 unspecified atom stereocenters. The molecule has 6 heteroatoms. The van der Waals surface area contributed by atoms with E-state index in [0.29, 0.717) is 12.2 Å². The predicted molar refractivity (Wildman–Crippen MR) is 68.8 cm³/mol. The Hall–Kier alpha value is -0.760. The first-order valence-electron chi connectivity index (χ1n) is 4.33. The number of nitrogens with zero attached hydrogens (tertiary/aromatic N) is 3. The van der Waals surface area contributed by atoms with E-state index in [2.05, 4.69) is 37.5 Å². The molecule has 2 heterocycles. The largest absolute Gasteiger partial charge is 0.383 e. The van der Waals surface area contributed by atoms with E-state index in [4.69, 9.17) is 5.73 Å². The molecule has 0 radical (unpaired) electrons. The minimum absolute atomic E-state index is 0.535. The van der Waals surface area contributed by atoms with Gasteiger partial charge in [-0.1, -0.05) is 0 Å². The van der Waals surface area contributed by atoms with Crippen molar-refractivity contribution in [3.05, 3.63) is 31.7 Å². The van der Waals surface area contributed by atoms with Crippen LogP contribution in [0.1, 0.15) is 16.5 Å². The van der Waals surface area contributed by atoms with Gasteiger partial charge in [0.2, 0.25) is 0 Å². The van der Waals surface area contributed by atoms with E-state index in [1.165, 1.54) is 0 Å². The fraction of sp³-hybridized carbons (Fsp3) is 0.222. The number of aromatic nitrogens is 3. The van der Waals surface area contributed by atoms with Crippen molar-refractivity contribution in [3.8, 4) is 0 Å². The lowest BCUT2D eigenvalue weighted by Crippen LogP contribution is -2.02.